The predicted molar refractivity (Wildman–Crippen MR) is 114 cm³/mol. The van der Waals surface area contributed by atoms with Crippen molar-refractivity contribution in [2.45, 2.75) is 32.7 Å². The number of amides is 1. The lowest BCUT2D eigenvalue weighted by Crippen LogP contribution is -2.51. The molecule has 2 aliphatic rings. The molecule has 150 valence electrons. The lowest BCUT2D eigenvalue weighted by atomic mass is 10.1. The van der Waals surface area contributed by atoms with Crippen LogP contribution >= 0.6 is 0 Å². The molecule has 2 fully saturated rings. The third-order valence-corrected chi connectivity index (χ3v) is 6.58. The zero-order chi connectivity index (χ0) is 19.7. The summed E-state index contributed by atoms with van der Waals surface area (Å²) in [6, 6.07) is 11.2. The van der Waals surface area contributed by atoms with Gasteiger partial charge < -0.3 is 14.4 Å². The second kappa shape index (κ2) is 8.00. The van der Waals surface area contributed by atoms with E-state index in [4.69, 9.17) is 0 Å². The van der Waals surface area contributed by atoms with Crippen LogP contribution in [0.1, 0.15) is 35.7 Å². The fraction of sp³-hybridized carbons (Fsp3) is 0.522. The normalized spacial score (nSPS) is 20.8. The van der Waals surface area contributed by atoms with E-state index >= 15 is 0 Å². The molecule has 4 rings (SSSR count). The molecule has 2 saturated heterocycles. The molecular formula is C23H32N4O. The molecule has 1 amide bonds. The summed E-state index contributed by atoms with van der Waals surface area (Å²) in [6.45, 7) is 9.37. The van der Waals surface area contributed by atoms with E-state index in [0.717, 1.165) is 39.1 Å². The average molecular weight is 381 g/mol. The van der Waals surface area contributed by atoms with Crippen molar-refractivity contribution in [1.29, 1.82) is 0 Å². The number of aromatic nitrogens is 1. The summed E-state index contributed by atoms with van der Waals surface area (Å²) in [7, 11) is 2.10. The van der Waals surface area contributed by atoms with Crippen LogP contribution in [0, 0.1) is 13.8 Å². The van der Waals surface area contributed by atoms with Crippen LogP contribution in [0.15, 0.2) is 36.5 Å². The van der Waals surface area contributed by atoms with Gasteiger partial charge in [-0.25, -0.2) is 0 Å². The first-order valence-corrected chi connectivity index (χ1v) is 10.5. The number of carbonyl (C=O) groups is 1. The monoisotopic (exact) mass is 380 g/mol. The standard InChI is InChI=1S/C23H32N4O/c1-18-7-4-8-20(19(18)2)25-13-15-26(16-14-25)23(28)17-27-12-6-10-22(27)21-9-5-11-24(21)3/h4-5,7-9,11,22H,6,10,12-17H2,1-3H3/t22-/m0/s1. The second-order valence-corrected chi connectivity index (χ2v) is 8.26. The molecule has 2 aromatic rings. The van der Waals surface area contributed by atoms with E-state index in [1.54, 1.807) is 0 Å². The van der Waals surface area contributed by atoms with Gasteiger partial charge in [-0.3, -0.25) is 9.69 Å². The Balaban J connectivity index is 1.35. The van der Waals surface area contributed by atoms with E-state index in [2.05, 4.69) is 76.7 Å². The first-order valence-electron chi connectivity index (χ1n) is 10.5. The van der Waals surface area contributed by atoms with Gasteiger partial charge in [-0.05, 0) is 62.6 Å². The molecule has 5 heteroatoms. The smallest absolute Gasteiger partial charge is 0.236 e. The van der Waals surface area contributed by atoms with Gasteiger partial charge in [-0.1, -0.05) is 12.1 Å². The van der Waals surface area contributed by atoms with Crippen LogP contribution in [0.5, 0.6) is 0 Å². The first kappa shape index (κ1) is 19.1. The lowest BCUT2D eigenvalue weighted by Gasteiger charge is -2.38. The number of piperazine rings is 1. The maximum atomic E-state index is 13.0. The Hall–Kier alpha value is -2.27. The summed E-state index contributed by atoms with van der Waals surface area (Å²) in [5.74, 6) is 0.279. The number of likely N-dealkylation sites (tertiary alicyclic amines) is 1. The lowest BCUT2D eigenvalue weighted by molar-refractivity contribution is -0.133. The average Bonchev–Trinajstić information content (AvgIpc) is 3.32. The molecule has 5 nitrogen and oxygen atoms in total. The van der Waals surface area contributed by atoms with E-state index in [1.807, 2.05) is 0 Å². The fourth-order valence-electron chi connectivity index (χ4n) is 4.72. The molecule has 0 spiro atoms. The molecule has 1 aromatic carbocycles. The van der Waals surface area contributed by atoms with Crippen LogP contribution in [-0.2, 0) is 11.8 Å². The largest absolute Gasteiger partial charge is 0.368 e. The molecule has 1 atom stereocenters. The number of aryl methyl sites for hydroxylation is 2. The van der Waals surface area contributed by atoms with Crippen LogP contribution in [0.2, 0.25) is 0 Å². The Morgan fingerprint density at radius 3 is 2.54 bits per heavy atom. The molecule has 2 aliphatic heterocycles. The summed E-state index contributed by atoms with van der Waals surface area (Å²) in [5, 5.41) is 0. The minimum atomic E-state index is 0.279. The van der Waals surface area contributed by atoms with Crippen molar-refractivity contribution in [3.63, 3.8) is 0 Å². The van der Waals surface area contributed by atoms with Gasteiger partial charge in [0.05, 0.1) is 12.6 Å². The molecule has 3 heterocycles. The van der Waals surface area contributed by atoms with Crippen LogP contribution in [0.25, 0.3) is 0 Å². The zero-order valence-corrected chi connectivity index (χ0v) is 17.4. The molecular weight excluding hydrogens is 348 g/mol. The highest BCUT2D eigenvalue weighted by Gasteiger charge is 2.31. The van der Waals surface area contributed by atoms with Gasteiger partial charge in [-0.15, -0.1) is 0 Å². The van der Waals surface area contributed by atoms with Crippen molar-refractivity contribution in [2.24, 2.45) is 7.05 Å². The topological polar surface area (TPSA) is 31.7 Å². The number of benzene rings is 1. The maximum absolute atomic E-state index is 13.0. The van der Waals surface area contributed by atoms with Crippen LogP contribution < -0.4 is 4.90 Å². The van der Waals surface area contributed by atoms with Gasteiger partial charge in [-0.2, -0.15) is 0 Å². The van der Waals surface area contributed by atoms with Crippen LogP contribution in [0.3, 0.4) is 0 Å². The minimum absolute atomic E-state index is 0.279. The molecule has 0 radical (unpaired) electrons. The number of carbonyl (C=O) groups excluding carboxylic acids is 1. The summed E-state index contributed by atoms with van der Waals surface area (Å²) in [5.41, 5.74) is 5.32. The fourth-order valence-corrected chi connectivity index (χ4v) is 4.72. The molecule has 0 bridgehead atoms. The third kappa shape index (κ3) is 3.68. The quantitative estimate of drug-likeness (QED) is 0.817. The molecule has 0 aliphatic carbocycles. The maximum Gasteiger partial charge on any atom is 0.236 e. The summed E-state index contributed by atoms with van der Waals surface area (Å²) in [4.78, 5) is 19.8. The van der Waals surface area contributed by atoms with Gasteiger partial charge in [0.2, 0.25) is 5.91 Å². The van der Waals surface area contributed by atoms with Crippen molar-refractivity contribution in [3.8, 4) is 0 Å². The van der Waals surface area contributed by atoms with Gasteiger partial charge in [0.15, 0.2) is 0 Å². The molecule has 0 unspecified atom stereocenters. The predicted octanol–water partition coefficient (Wildman–Crippen LogP) is 3.13. The number of anilines is 1. The van der Waals surface area contributed by atoms with Crippen LogP contribution in [-0.4, -0.2) is 59.5 Å². The molecule has 28 heavy (non-hydrogen) atoms. The van der Waals surface area contributed by atoms with Crippen molar-refractivity contribution in [3.05, 3.63) is 53.3 Å². The number of hydrogen-bond acceptors (Lipinski definition) is 3. The minimum Gasteiger partial charge on any atom is -0.368 e. The molecule has 1 aromatic heterocycles. The number of hydrogen-bond donors (Lipinski definition) is 0. The Morgan fingerprint density at radius 1 is 1.04 bits per heavy atom. The summed E-state index contributed by atoms with van der Waals surface area (Å²) >= 11 is 0. The molecule has 0 N–H and O–H groups in total. The first-order chi connectivity index (χ1) is 13.5. The van der Waals surface area contributed by atoms with E-state index in [1.165, 1.54) is 28.9 Å². The van der Waals surface area contributed by atoms with E-state index in [0.29, 0.717) is 12.6 Å². The van der Waals surface area contributed by atoms with Crippen LogP contribution in [0.4, 0.5) is 5.69 Å². The Morgan fingerprint density at radius 2 is 1.82 bits per heavy atom. The highest BCUT2D eigenvalue weighted by atomic mass is 16.2. The van der Waals surface area contributed by atoms with Crippen molar-refractivity contribution >= 4 is 11.6 Å². The van der Waals surface area contributed by atoms with Gasteiger partial charge in [0, 0.05) is 50.8 Å². The van der Waals surface area contributed by atoms with Gasteiger partial charge in [0.25, 0.3) is 0 Å². The van der Waals surface area contributed by atoms with E-state index < -0.39 is 0 Å². The highest BCUT2D eigenvalue weighted by Crippen LogP contribution is 2.31. The number of nitrogens with zero attached hydrogens (tertiary/aromatic N) is 4. The summed E-state index contributed by atoms with van der Waals surface area (Å²) < 4.78 is 2.19. The van der Waals surface area contributed by atoms with Gasteiger partial charge in [0.1, 0.15) is 0 Å². The van der Waals surface area contributed by atoms with Gasteiger partial charge >= 0.3 is 0 Å². The second-order valence-electron chi connectivity index (χ2n) is 8.26. The van der Waals surface area contributed by atoms with Crippen molar-refractivity contribution < 1.29 is 4.79 Å². The SMILES string of the molecule is Cc1cccc(N2CCN(C(=O)CN3CCC[C@H]3c3cccn3C)CC2)c1C. The third-order valence-electron chi connectivity index (χ3n) is 6.58. The Labute approximate surface area is 168 Å². The summed E-state index contributed by atoms with van der Waals surface area (Å²) in [6.07, 6.45) is 4.41. The van der Waals surface area contributed by atoms with E-state index in [-0.39, 0.29) is 5.91 Å². The number of rotatable bonds is 4. The Kier molecular flexibility index (Phi) is 5.44. The zero-order valence-electron chi connectivity index (χ0n) is 17.4. The Bertz CT molecular complexity index is 835. The van der Waals surface area contributed by atoms with Crippen molar-refractivity contribution in [2.75, 3.05) is 44.2 Å². The van der Waals surface area contributed by atoms with Crippen molar-refractivity contribution in [1.82, 2.24) is 14.4 Å². The molecule has 0 saturated carbocycles. The van der Waals surface area contributed by atoms with E-state index in [9.17, 15) is 4.79 Å². The highest BCUT2D eigenvalue weighted by molar-refractivity contribution is 5.78.